The largest absolute Gasteiger partial charge is 0.298 e. The average Bonchev–Trinajstić information content (AvgIpc) is 2.06. The molecular formula is C8H4ClFO2. The molecule has 62 valence electrons. The molecule has 0 aliphatic carbocycles. The van der Waals surface area contributed by atoms with Crippen LogP contribution in [0.15, 0.2) is 12.1 Å². The molecule has 1 aromatic rings. The van der Waals surface area contributed by atoms with Crippen LogP contribution >= 0.6 is 11.6 Å². The van der Waals surface area contributed by atoms with Gasteiger partial charge in [0.15, 0.2) is 12.6 Å². The first-order valence-corrected chi connectivity index (χ1v) is 3.47. The van der Waals surface area contributed by atoms with E-state index in [-0.39, 0.29) is 22.4 Å². The first kappa shape index (κ1) is 8.87. The maximum absolute atomic E-state index is 12.7. The van der Waals surface area contributed by atoms with Gasteiger partial charge in [-0.1, -0.05) is 11.6 Å². The molecule has 0 unspecified atom stereocenters. The summed E-state index contributed by atoms with van der Waals surface area (Å²) in [6.07, 6.45) is 0.749. The molecule has 0 radical (unpaired) electrons. The number of rotatable bonds is 2. The summed E-state index contributed by atoms with van der Waals surface area (Å²) in [4.78, 5) is 20.6. The molecule has 12 heavy (non-hydrogen) atoms. The lowest BCUT2D eigenvalue weighted by atomic mass is 10.1. The van der Waals surface area contributed by atoms with Crippen molar-refractivity contribution in [1.29, 1.82) is 0 Å². The van der Waals surface area contributed by atoms with Crippen molar-refractivity contribution < 1.29 is 14.0 Å². The molecule has 1 aromatic carbocycles. The zero-order valence-corrected chi connectivity index (χ0v) is 6.64. The summed E-state index contributed by atoms with van der Waals surface area (Å²) in [6.45, 7) is 0. The van der Waals surface area contributed by atoms with Crippen LogP contribution in [0, 0.1) is 5.82 Å². The second-order valence-corrected chi connectivity index (χ2v) is 2.48. The summed E-state index contributed by atoms with van der Waals surface area (Å²) in [5.74, 6) is -0.722. The van der Waals surface area contributed by atoms with E-state index in [2.05, 4.69) is 0 Å². The number of carbonyl (C=O) groups is 2. The maximum Gasteiger partial charge on any atom is 0.154 e. The van der Waals surface area contributed by atoms with E-state index in [1.165, 1.54) is 6.07 Å². The molecule has 0 fully saturated rings. The highest BCUT2D eigenvalue weighted by atomic mass is 35.5. The molecule has 2 nitrogen and oxygen atoms in total. The number of benzene rings is 1. The SMILES string of the molecule is O=Cc1ccc(F)c(C=O)c1Cl. The Bertz CT molecular complexity index is 336. The smallest absolute Gasteiger partial charge is 0.154 e. The fraction of sp³-hybridized carbons (Fsp3) is 0. The van der Waals surface area contributed by atoms with Gasteiger partial charge in [-0.15, -0.1) is 0 Å². The lowest BCUT2D eigenvalue weighted by molar-refractivity contribution is 0.111. The van der Waals surface area contributed by atoms with E-state index in [4.69, 9.17) is 11.6 Å². The number of halogens is 2. The predicted molar refractivity (Wildman–Crippen MR) is 42.2 cm³/mol. The molecule has 0 aromatic heterocycles. The third-order valence-electron chi connectivity index (χ3n) is 1.40. The van der Waals surface area contributed by atoms with Crippen LogP contribution in [0.1, 0.15) is 20.7 Å². The Morgan fingerprint density at radius 3 is 2.42 bits per heavy atom. The van der Waals surface area contributed by atoms with Crippen molar-refractivity contribution in [3.63, 3.8) is 0 Å². The van der Waals surface area contributed by atoms with Crippen LogP contribution in [0.2, 0.25) is 5.02 Å². The number of hydrogen-bond donors (Lipinski definition) is 0. The van der Waals surface area contributed by atoms with Crippen LogP contribution in [0.3, 0.4) is 0 Å². The summed E-state index contributed by atoms with van der Waals surface area (Å²) >= 11 is 5.51. The zero-order chi connectivity index (χ0) is 9.14. The van der Waals surface area contributed by atoms with Gasteiger partial charge in [0.25, 0.3) is 0 Å². The fourth-order valence-electron chi connectivity index (χ4n) is 0.785. The Morgan fingerprint density at radius 1 is 1.25 bits per heavy atom. The van der Waals surface area contributed by atoms with Gasteiger partial charge in [-0.3, -0.25) is 9.59 Å². The monoisotopic (exact) mass is 186 g/mol. The van der Waals surface area contributed by atoms with Gasteiger partial charge in [0.1, 0.15) is 5.82 Å². The second kappa shape index (κ2) is 3.45. The third kappa shape index (κ3) is 1.36. The van der Waals surface area contributed by atoms with Gasteiger partial charge in [-0.25, -0.2) is 4.39 Å². The molecule has 0 aliphatic heterocycles. The Hall–Kier alpha value is -1.22. The zero-order valence-electron chi connectivity index (χ0n) is 5.88. The highest BCUT2D eigenvalue weighted by Gasteiger charge is 2.09. The molecule has 0 saturated heterocycles. The third-order valence-corrected chi connectivity index (χ3v) is 1.82. The van der Waals surface area contributed by atoms with Crippen molar-refractivity contribution in [3.05, 3.63) is 34.1 Å². The van der Waals surface area contributed by atoms with Crippen LogP contribution < -0.4 is 0 Å². The Kier molecular flexibility index (Phi) is 2.55. The number of hydrogen-bond acceptors (Lipinski definition) is 2. The summed E-state index contributed by atoms with van der Waals surface area (Å²) in [6, 6.07) is 2.25. The van der Waals surface area contributed by atoms with E-state index in [0.717, 1.165) is 6.07 Å². The molecule has 0 bridgehead atoms. The van der Waals surface area contributed by atoms with E-state index >= 15 is 0 Å². The highest BCUT2D eigenvalue weighted by Crippen LogP contribution is 2.20. The summed E-state index contributed by atoms with van der Waals surface area (Å²) < 4.78 is 12.7. The van der Waals surface area contributed by atoms with Crippen LogP contribution in [-0.4, -0.2) is 12.6 Å². The Balaban J connectivity index is 3.43. The van der Waals surface area contributed by atoms with Gasteiger partial charge < -0.3 is 0 Å². The summed E-state index contributed by atoms with van der Waals surface area (Å²) in [7, 11) is 0. The number of aldehydes is 2. The van der Waals surface area contributed by atoms with E-state index in [9.17, 15) is 14.0 Å². The minimum Gasteiger partial charge on any atom is -0.298 e. The fourth-order valence-corrected chi connectivity index (χ4v) is 1.03. The van der Waals surface area contributed by atoms with Gasteiger partial charge in [-0.05, 0) is 12.1 Å². The van der Waals surface area contributed by atoms with Gasteiger partial charge in [0.05, 0.1) is 10.6 Å². The van der Waals surface area contributed by atoms with Crippen molar-refractivity contribution in [1.82, 2.24) is 0 Å². The lowest BCUT2D eigenvalue weighted by Crippen LogP contribution is -1.93. The van der Waals surface area contributed by atoms with Gasteiger partial charge in [0, 0.05) is 5.56 Å². The van der Waals surface area contributed by atoms with E-state index in [1.807, 2.05) is 0 Å². The standard InChI is InChI=1S/C8H4ClFO2/c9-8-5(3-11)1-2-7(10)6(8)4-12/h1-4H. The van der Waals surface area contributed by atoms with Crippen molar-refractivity contribution in [3.8, 4) is 0 Å². The van der Waals surface area contributed by atoms with Gasteiger partial charge in [-0.2, -0.15) is 0 Å². The molecule has 0 N–H and O–H groups in total. The van der Waals surface area contributed by atoms with Crippen molar-refractivity contribution in [2.24, 2.45) is 0 Å². The minimum absolute atomic E-state index is 0.111. The molecule has 0 saturated carbocycles. The van der Waals surface area contributed by atoms with Gasteiger partial charge >= 0.3 is 0 Å². The molecule has 4 heteroatoms. The van der Waals surface area contributed by atoms with Crippen LogP contribution in [-0.2, 0) is 0 Å². The lowest BCUT2D eigenvalue weighted by Gasteiger charge is -1.99. The van der Waals surface area contributed by atoms with Crippen molar-refractivity contribution >= 4 is 24.2 Å². The van der Waals surface area contributed by atoms with Crippen LogP contribution in [0.5, 0.6) is 0 Å². The van der Waals surface area contributed by atoms with Crippen LogP contribution in [0.4, 0.5) is 4.39 Å². The quantitative estimate of drug-likeness (QED) is 0.663. The molecule has 0 aliphatic rings. The normalized spacial score (nSPS) is 9.50. The molecule has 0 amide bonds. The average molecular weight is 187 g/mol. The first-order valence-electron chi connectivity index (χ1n) is 3.09. The topological polar surface area (TPSA) is 34.1 Å². The summed E-state index contributed by atoms with van der Waals surface area (Å²) in [5, 5.41) is -0.139. The van der Waals surface area contributed by atoms with E-state index < -0.39 is 5.82 Å². The van der Waals surface area contributed by atoms with Crippen molar-refractivity contribution in [2.45, 2.75) is 0 Å². The van der Waals surface area contributed by atoms with Crippen molar-refractivity contribution in [2.75, 3.05) is 0 Å². The summed E-state index contributed by atoms with van der Waals surface area (Å²) in [5.41, 5.74) is -0.165. The first-order chi connectivity index (χ1) is 5.70. The predicted octanol–water partition coefficient (Wildman–Crippen LogP) is 2.10. The molecule has 0 spiro atoms. The van der Waals surface area contributed by atoms with Gasteiger partial charge in [0.2, 0.25) is 0 Å². The molecule has 1 rings (SSSR count). The Labute approximate surface area is 73.0 Å². The maximum atomic E-state index is 12.7. The molecular weight excluding hydrogens is 183 g/mol. The van der Waals surface area contributed by atoms with Crippen LogP contribution in [0.25, 0.3) is 0 Å². The number of carbonyl (C=O) groups excluding carboxylic acids is 2. The highest BCUT2D eigenvalue weighted by molar-refractivity contribution is 6.35. The minimum atomic E-state index is -0.722. The van der Waals surface area contributed by atoms with E-state index in [0.29, 0.717) is 6.29 Å². The molecule has 0 heterocycles. The second-order valence-electron chi connectivity index (χ2n) is 2.10. The molecule has 0 atom stereocenters. The Morgan fingerprint density at radius 2 is 1.92 bits per heavy atom. The van der Waals surface area contributed by atoms with E-state index in [1.54, 1.807) is 0 Å².